The van der Waals surface area contributed by atoms with Crippen molar-refractivity contribution in [3.05, 3.63) is 39.5 Å². The van der Waals surface area contributed by atoms with Crippen LogP contribution in [0.5, 0.6) is 11.6 Å². The van der Waals surface area contributed by atoms with E-state index in [2.05, 4.69) is 5.10 Å². The summed E-state index contributed by atoms with van der Waals surface area (Å²) >= 11 is 17.8. The Labute approximate surface area is 127 Å². The van der Waals surface area contributed by atoms with Crippen LogP contribution in [0.1, 0.15) is 18.2 Å². The fourth-order valence-electron chi connectivity index (χ4n) is 1.89. The molecule has 3 nitrogen and oxygen atoms in total. The number of rotatable bonds is 4. The second-order valence-electron chi connectivity index (χ2n) is 4.05. The number of benzene rings is 1. The Hall–Kier alpha value is -0.900. The summed E-state index contributed by atoms with van der Waals surface area (Å²) in [5.41, 5.74) is 1.82. The first kappa shape index (κ1) is 14.5. The van der Waals surface area contributed by atoms with E-state index in [0.29, 0.717) is 27.6 Å². The summed E-state index contributed by atoms with van der Waals surface area (Å²) in [6.07, 6.45) is 0.791. The minimum Gasteiger partial charge on any atom is -0.439 e. The van der Waals surface area contributed by atoms with Gasteiger partial charge in [0.1, 0.15) is 5.75 Å². The van der Waals surface area contributed by atoms with Gasteiger partial charge in [-0.3, -0.25) is 0 Å². The van der Waals surface area contributed by atoms with E-state index in [-0.39, 0.29) is 0 Å². The molecule has 102 valence electrons. The third-order valence-corrected chi connectivity index (χ3v) is 3.39. The van der Waals surface area contributed by atoms with Crippen molar-refractivity contribution in [3.63, 3.8) is 0 Å². The number of halogens is 3. The largest absolute Gasteiger partial charge is 0.439 e. The van der Waals surface area contributed by atoms with Gasteiger partial charge in [-0.25, -0.2) is 4.68 Å². The first-order valence-electron chi connectivity index (χ1n) is 5.79. The SMILES string of the molecule is CCc1c(CCl)nn(C)c1Oc1cc(Cl)cc(Cl)c1. The summed E-state index contributed by atoms with van der Waals surface area (Å²) in [5.74, 6) is 1.60. The summed E-state index contributed by atoms with van der Waals surface area (Å²) in [4.78, 5) is 0. The zero-order valence-electron chi connectivity index (χ0n) is 10.6. The molecule has 0 radical (unpaired) electrons. The zero-order chi connectivity index (χ0) is 14.0. The highest BCUT2D eigenvalue weighted by Crippen LogP contribution is 2.31. The first-order valence-corrected chi connectivity index (χ1v) is 7.08. The van der Waals surface area contributed by atoms with Gasteiger partial charge in [0.15, 0.2) is 0 Å². The molecule has 2 aromatic rings. The van der Waals surface area contributed by atoms with E-state index in [4.69, 9.17) is 39.5 Å². The highest BCUT2D eigenvalue weighted by Gasteiger charge is 2.16. The molecule has 0 aliphatic heterocycles. The lowest BCUT2D eigenvalue weighted by atomic mass is 10.2. The van der Waals surface area contributed by atoms with Crippen LogP contribution >= 0.6 is 34.8 Å². The molecule has 0 aliphatic carbocycles. The van der Waals surface area contributed by atoms with Gasteiger partial charge in [-0.2, -0.15) is 5.10 Å². The van der Waals surface area contributed by atoms with Crippen molar-refractivity contribution in [2.24, 2.45) is 7.05 Å². The maximum absolute atomic E-state index is 5.95. The number of aromatic nitrogens is 2. The van der Waals surface area contributed by atoms with E-state index in [0.717, 1.165) is 17.7 Å². The average Bonchev–Trinajstić information content (AvgIpc) is 2.64. The molecule has 1 heterocycles. The number of alkyl halides is 1. The molecule has 6 heteroatoms. The molecule has 0 amide bonds. The summed E-state index contributed by atoms with van der Waals surface area (Å²) in [6.45, 7) is 2.03. The number of aryl methyl sites for hydroxylation is 1. The topological polar surface area (TPSA) is 27.1 Å². The Morgan fingerprint density at radius 2 is 1.84 bits per heavy atom. The molecule has 19 heavy (non-hydrogen) atoms. The minimum atomic E-state index is 0.358. The van der Waals surface area contributed by atoms with Gasteiger partial charge in [-0.15, -0.1) is 11.6 Å². The monoisotopic (exact) mass is 318 g/mol. The fraction of sp³-hybridized carbons (Fsp3) is 0.308. The molecule has 1 aromatic carbocycles. The summed E-state index contributed by atoms with van der Waals surface area (Å²) in [6, 6.07) is 5.07. The molecule has 2 rings (SSSR count). The molecular weight excluding hydrogens is 307 g/mol. The van der Waals surface area contributed by atoms with Crippen molar-refractivity contribution in [2.75, 3.05) is 0 Å². The van der Waals surface area contributed by atoms with Gasteiger partial charge in [0, 0.05) is 22.7 Å². The van der Waals surface area contributed by atoms with Crippen LogP contribution in [0.4, 0.5) is 0 Å². The molecule has 0 bridgehead atoms. The highest BCUT2D eigenvalue weighted by molar-refractivity contribution is 6.34. The number of ether oxygens (including phenoxy) is 1. The third-order valence-electron chi connectivity index (χ3n) is 2.70. The van der Waals surface area contributed by atoms with Crippen molar-refractivity contribution < 1.29 is 4.74 Å². The lowest BCUT2D eigenvalue weighted by Crippen LogP contribution is -1.96. The van der Waals surface area contributed by atoms with Crippen molar-refractivity contribution in [1.82, 2.24) is 9.78 Å². The van der Waals surface area contributed by atoms with Crippen LogP contribution in [0.3, 0.4) is 0 Å². The van der Waals surface area contributed by atoms with E-state index in [9.17, 15) is 0 Å². The van der Waals surface area contributed by atoms with Gasteiger partial charge in [0.05, 0.1) is 11.6 Å². The van der Waals surface area contributed by atoms with Crippen LogP contribution in [0.2, 0.25) is 10.0 Å². The van der Waals surface area contributed by atoms with E-state index in [1.54, 1.807) is 22.9 Å². The van der Waals surface area contributed by atoms with E-state index in [1.165, 1.54) is 0 Å². The summed E-state index contributed by atoms with van der Waals surface area (Å²) in [7, 11) is 1.82. The van der Waals surface area contributed by atoms with Crippen molar-refractivity contribution in [2.45, 2.75) is 19.2 Å². The van der Waals surface area contributed by atoms with Crippen molar-refractivity contribution in [3.8, 4) is 11.6 Å². The van der Waals surface area contributed by atoms with Crippen LogP contribution in [0.15, 0.2) is 18.2 Å². The Morgan fingerprint density at radius 1 is 1.21 bits per heavy atom. The smallest absolute Gasteiger partial charge is 0.221 e. The molecule has 0 fully saturated rings. The maximum atomic E-state index is 5.95. The summed E-state index contributed by atoms with van der Waals surface area (Å²) in [5, 5.41) is 5.39. The predicted molar refractivity (Wildman–Crippen MR) is 78.7 cm³/mol. The standard InChI is InChI=1S/C13H13Cl3N2O/c1-3-11-12(7-14)17-18(2)13(11)19-10-5-8(15)4-9(16)6-10/h4-6H,3,7H2,1-2H3. The fourth-order valence-corrected chi connectivity index (χ4v) is 2.62. The minimum absolute atomic E-state index is 0.358. The number of nitrogens with zero attached hydrogens (tertiary/aromatic N) is 2. The van der Waals surface area contributed by atoms with Gasteiger partial charge in [0.25, 0.3) is 0 Å². The molecule has 0 unspecified atom stereocenters. The second-order valence-corrected chi connectivity index (χ2v) is 5.19. The average molecular weight is 320 g/mol. The molecule has 0 aliphatic rings. The summed E-state index contributed by atoms with van der Waals surface area (Å²) < 4.78 is 7.52. The zero-order valence-corrected chi connectivity index (χ0v) is 12.9. The van der Waals surface area contributed by atoms with Gasteiger partial charge >= 0.3 is 0 Å². The Kier molecular flexibility index (Phi) is 4.61. The molecule has 0 N–H and O–H groups in total. The lowest BCUT2D eigenvalue weighted by Gasteiger charge is -2.08. The van der Waals surface area contributed by atoms with Crippen LogP contribution in [0, 0.1) is 0 Å². The van der Waals surface area contributed by atoms with Crippen molar-refractivity contribution >= 4 is 34.8 Å². The van der Waals surface area contributed by atoms with Crippen LogP contribution in [-0.2, 0) is 19.3 Å². The van der Waals surface area contributed by atoms with Crippen molar-refractivity contribution in [1.29, 1.82) is 0 Å². The molecule has 0 saturated carbocycles. The Bertz CT molecular complexity index is 576. The molecular formula is C13H13Cl3N2O. The lowest BCUT2D eigenvalue weighted by molar-refractivity contribution is 0.426. The van der Waals surface area contributed by atoms with Crippen LogP contribution in [0.25, 0.3) is 0 Å². The quantitative estimate of drug-likeness (QED) is 0.755. The molecule has 0 saturated heterocycles. The van der Waals surface area contributed by atoms with Crippen LogP contribution < -0.4 is 4.74 Å². The molecule has 1 aromatic heterocycles. The van der Waals surface area contributed by atoms with Gasteiger partial charge < -0.3 is 4.74 Å². The molecule has 0 spiro atoms. The number of hydrogen-bond acceptors (Lipinski definition) is 2. The van der Waals surface area contributed by atoms with Crippen LogP contribution in [-0.4, -0.2) is 9.78 Å². The number of hydrogen-bond donors (Lipinski definition) is 0. The molecule has 0 atom stereocenters. The Morgan fingerprint density at radius 3 is 2.37 bits per heavy atom. The van der Waals surface area contributed by atoms with E-state index < -0.39 is 0 Å². The van der Waals surface area contributed by atoms with Gasteiger partial charge in [-0.1, -0.05) is 30.1 Å². The Balaban J connectivity index is 2.40. The van der Waals surface area contributed by atoms with E-state index >= 15 is 0 Å². The van der Waals surface area contributed by atoms with Gasteiger partial charge in [-0.05, 0) is 24.6 Å². The predicted octanol–water partition coefficient (Wildman–Crippen LogP) is 4.82. The normalized spacial score (nSPS) is 10.8. The highest BCUT2D eigenvalue weighted by atomic mass is 35.5. The first-order chi connectivity index (χ1) is 9.05. The van der Waals surface area contributed by atoms with E-state index in [1.807, 2.05) is 14.0 Å². The third kappa shape index (κ3) is 3.16. The second kappa shape index (κ2) is 6.04. The van der Waals surface area contributed by atoms with Gasteiger partial charge in [0.2, 0.25) is 5.88 Å². The maximum Gasteiger partial charge on any atom is 0.221 e.